The number of carbonyl (C=O) groups is 1. The van der Waals surface area contributed by atoms with Crippen LogP contribution in [0.5, 0.6) is 0 Å². The first-order valence-corrected chi connectivity index (χ1v) is 10.8. The van der Waals surface area contributed by atoms with Gasteiger partial charge in [0.25, 0.3) is 5.91 Å². The van der Waals surface area contributed by atoms with Crippen LogP contribution in [0.4, 0.5) is 5.82 Å². The van der Waals surface area contributed by atoms with Crippen LogP contribution in [-0.4, -0.2) is 48.2 Å². The number of aryl methyl sites for hydroxylation is 1. The number of hydrogen-bond acceptors (Lipinski definition) is 5. The molecule has 0 saturated carbocycles. The Morgan fingerprint density at radius 2 is 1.81 bits per heavy atom. The molecule has 0 spiro atoms. The number of morpholine rings is 1. The maximum absolute atomic E-state index is 12.6. The lowest BCUT2D eigenvalue weighted by molar-refractivity contribution is 0.0938. The first-order chi connectivity index (χ1) is 15.2. The third kappa shape index (κ3) is 5.67. The van der Waals surface area contributed by atoms with E-state index in [4.69, 9.17) is 4.74 Å². The van der Waals surface area contributed by atoms with Crippen LogP contribution >= 0.6 is 0 Å². The van der Waals surface area contributed by atoms with E-state index in [9.17, 15) is 4.79 Å². The fraction of sp³-hybridized carbons (Fsp3) is 0.320. The fourth-order valence-electron chi connectivity index (χ4n) is 3.67. The highest BCUT2D eigenvalue weighted by Crippen LogP contribution is 2.22. The second kappa shape index (κ2) is 10.2. The van der Waals surface area contributed by atoms with Crippen molar-refractivity contribution in [3.63, 3.8) is 0 Å². The molecule has 0 bridgehead atoms. The number of benzene rings is 2. The van der Waals surface area contributed by atoms with Gasteiger partial charge in [0, 0.05) is 36.3 Å². The highest BCUT2D eigenvalue weighted by atomic mass is 16.5. The zero-order chi connectivity index (χ0) is 21.5. The summed E-state index contributed by atoms with van der Waals surface area (Å²) in [6.45, 7) is 5.14. The van der Waals surface area contributed by atoms with E-state index in [1.165, 1.54) is 5.56 Å². The van der Waals surface area contributed by atoms with Crippen LogP contribution in [0.15, 0.2) is 67.0 Å². The van der Waals surface area contributed by atoms with Gasteiger partial charge in [0.05, 0.1) is 18.9 Å². The lowest BCUT2D eigenvalue weighted by Crippen LogP contribution is -2.36. The maximum Gasteiger partial charge on any atom is 0.251 e. The predicted octanol–water partition coefficient (Wildman–Crippen LogP) is 3.73. The van der Waals surface area contributed by atoms with Crippen molar-refractivity contribution < 1.29 is 9.53 Å². The monoisotopic (exact) mass is 416 g/mol. The standard InChI is InChI=1S/C25H28N4O2/c1-19(7-8-20-5-3-2-4-6-20)28-25(30)22-11-9-21(10-12-22)23-17-24(27-18-26-23)29-13-15-31-16-14-29/h2-6,9-12,17-19H,7-8,13-16H2,1H3,(H,28,30). The summed E-state index contributed by atoms with van der Waals surface area (Å²) in [6.07, 6.45) is 3.44. The van der Waals surface area contributed by atoms with Gasteiger partial charge in [0.15, 0.2) is 0 Å². The zero-order valence-electron chi connectivity index (χ0n) is 17.8. The quantitative estimate of drug-likeness (QED) is 0.636. The van der Waals surface area contributed by atoms with Crippen LogP contribution in [0.25, 0.3) is 11.3 Å². The molecule has 1 N–H and O–H groups in total. The van der Waals surface area contributed by atoms with Gasteiger partial charge in [0.1, 0.15) is 12.1 Å². The fourth-order valence-corrected chi connectivity index (χ4v) is 3.67. The summed E-state index contributed by atoms with van der Waals surface area (Å²) in [7, 11) is 0. The van der Waals surface area contributed by atoms with Gasteiger partial charge in [-0.3, -0.25) is 4.79 Å². The number of ether oxygens (including phenoxy) is 1. The Balaban J connectivity index is 1.36. The van der Waals surface area contributed by atoms with Crippen molar-refractivity contribution in [1.82, 2.24) is 15.3 Å². The number of rotatable bonds is 7. The van der Waals surface area contributed by atoms with Crippen molar-refractivity contribution in [1.29, 1.82) is 0 Å². The highest BCUT2D eigenvalue weighted by molar-refractivity contribution is 5.94. The van der Waals surface area contributed by atoms with Crippen molar-refractivity contribution in [2.45, 2.75) is 25.8 Å². The molecular formula is C25H28N4O2. The molecule has 3 aromatic rings. The summed E-state index contributed by atoms with van der Waals surface area (Å²) in [5.74, 6) is 0.853. The number of aromatic nitrogens is 2. The molecule has 2 aromatic carbocycles. The summed E-state index contributed by atoms with van der Waals surface area (Å²) in [5.41, 5.74) is 3.75. The van der Waals surface area contributed by atoms with Crippen LogP contribution in [0, 0.1) is 0 Å². The van der Waals surface area contributed by atoms with E-state index in [-0.39, 0.29) is 11.9 Å². The lowest BCUT2D eigenvalue weighted by Gasteiger charge is -2.27. The molecule has 1 aliphatic rings. The molecule has 1 fully saturated rings. The third-order valence-electron chi connectivity index (χ3n) is 5.52. The summed E-state index contributed by atoms with van der Waals surface area (Å²) >= 11 is 0. The minimum Gasteiger partial charge on any atom is -0.378 e. The van der Waals surface area contributed by atoms with E-state index in [2.05, 4.69) is 32.3 Å². The molecule has 1 saturated heterocycles. The van der Waals surface area contributed by atoms with Gasteiger partial charge in [0.2, 0.25) is 0 Å². The van der Waals surface area contributed by atoms with E-state index in [0.29, 0.717) is 18.8 Å². The Morgan fingerprint density at radius 1 is 1.06 bits per heavy atom. The molecule has 4 rings (SSSR count). The Kier molecular flexibility index (Phi) is 6.89. The van der Waals surface area contributed by atoms with Gasteiger partial charge >= 0.3 is 0 Å². The van der Waals surface area contributed by atoms with Crippen LogP contribution in [0.3, 0.4) is 0 Å². The maximum atomic E-state index is 12.6. The van der Waals surface area contributed by atoms with E-state index in [0.717, 1.165) is 43.0 Å². The van der Waals surface area contributed by atoms with Crippen LogP contribution in [0.2, 0.25) is 0 Å². The van der Waals surface area contributed by atoms with Crippen molar-refractivity contribution in [2.75, 3.05) is 31.2 Å². The third-order valence-corrected chi connectivity index (χ3v) is 5.52. The number of carbonyl (C=O) groups excluding carboxylic acids is 1. The molecule has 0 radical (unpaired) electrons. The van der Waals surface area contributed by atoms with Crippen molar-refractivity contribution in [3.05, 3.63) is 78.1 Å². The average molecular weight is 417 g/mol. The SMILES string of the molecule is CC(CCc1ccccc1)NC(=O)c1ccc(-c2cc(N3CCOCC3)ncn2)cc1. The lowest BCUT2D eigenvalue weighted by atomic mass is 10.1. The topological polar surface area (TPSA) is 67.4 Å². The van der Waals surface area contributed by atoms with Crippen molar-refractivity contribution in [2.24, 2.45) is 0 Å². The molecular weight excluding hydrogens is 388 g/mol. The molecule has 2 heterocycles. The average Bonchev–Trinajstić information content (AvgIpc) is 2.84. The normalized spacial score (nSPS) is 14.8. The first kappa shape index (κ1) is 21.0. The molecule has 1 aromatic heterocycles. The molecule has 1 atom stereocenters. The second-order valence-corrected chi connectivity index (χ2v) is 7.84. The largest absolute Gasteiger partial charge is 0.378 e. The van der Waals surface area contributed by atoms with E-state index in [1.807, 2.05) is 55.5 Å². The first-order valence-electron chi connectivity index (χ1n) is 10.8. The van der Waals surface area contributed by atoms with Crippen LogP contribution in [0.1, 0.15) is 29.3 Å². The predicted molar refractivity (Wildman–Crippen MR) is 122 cm³/mol. The van der Waals surface area contributed by atoms with Gasteiger partial charge in [-0.05, 0) is 37.5 Å². The number of amides is 1. The molecule has 1 aliphatic heterocycles. The van der Waals surface area contributed by atoms with Crippen molar-refractivity contribution >= 4 is 11.7 Å². The van der Waals surface area contributed by atoms with Gasteiger partial charge in [-0.25, -0.2) is 9.97 Å². The Morgan fingerprint density at radius 3 is 2.55 bits per heavy atom. The molecule has 31 heavy (non-hydrogen) atoms. The number of anilines is 1. The summed E-state index contributed by atoms with van der Waals surface area (Å²) in [5, 5.41) is 3.09. The second-order valence-electron chi connectivity index (χ2n) is 7.84. The Labute approximate surface area is 183 Å². The number of nitrogens with zero attached hydrogens (tertiary/aromatic N) is 3. The van der Waals surface area contributed by atoms with Crippen molar-refractivity contribution in [3.8, 4) is 11.3 Å². The Bertz CT molecular complexity index is 986. The van der Waals surface area contributed by atoms with E-state index >= 15 is 0 Å². The molecule has 160 valence electrons. The Hall–Kier alpha value is -3.25. The highest BCUT2D eigenvalue weighted by Gasteiger charge is 2.14. The molecule has 1 amide bonds. The summed E-state index contributed by atoms with van der Waals surface area (Å²) in [4.78, 5) is 23.6. The minimum atomic E-state index is -0.0520. The smallest absolute Gasteiger partial charge is 0.251 e. The van der Waals surface area contributed by atoms with Gasteiger partial charge in [-0.1, -0.05) is 42.5 Å². The molecule has 6 heteroatoms. The van der Waals surface area contributed by atoms with Crippen LogP contribution < -0.4 is 10.2 Å². The summed E-state index contributed by atoms with van der Waals surface area (Å²) in [6, 6.07) is 20.0. The van der Waals surface area contributed by atoms with Crippen LogP contribution in [-0.2, 0) is 11.2 Å². The molecule has 0 aliphatic carbocycles. The van der Waals surface area contributed by atoms with Gasteiger partial charge < -0.3 is 15.0 Å². The van der Waals surface area contributed by atoms with E-state index in [1.54, 1.807) is 6.33 Å². The molecule has 1 unspecified atom stereocenters. The van der Waals surface area contributed by atoms with Gasteiger partial charge in [-0.2, -0.15) is 0 Å². The zero-order valence-corrected chi connectivity index (χ0v) is 17.8. The number of nitrogens with one attached hydrogen (secondary N) is 1. The van der Waals surface area contributed by atoms with Gasteiger partial charge in [-0.15, -0.1) is 0 Å². The van der Waals surface area contributed by atoms with E-state index < -0.39 is 0 Å². The minimum absolute atomic E-state index is 0.0520. The summed E-state index contributed by atoms with van der Waals surface area (Å²) < 4.78 is 5.41. The molecule has 6 nitrogen and oxygen atoms in total. The number of hydrogen-bond donors (Lipinski definition) is 1.